The lowest BCUT2D eigenvalue weighted by molar-refractivity contribution is 0.0527. The quantitative estimate of drug-likeness (QED) is 0.636. The molecule has 0 atom stereocenters. The van der Waals surface area contributed by atoms with Crippen LogP contribution >= 0.6 is 11.3 Å². The fourth-order valence-electron chi connectivity index (χ4n) is 3.31. The number of esters is 1. The second kappa shape index (κ2) is 7.59. The van der Waals surface area contributed by atoms with Gasteiger partial charge in [-0.05, 0) is 38.7 Å². The molecule has 1 amide bonds. The summed E-state index contributed by atoms with van der Waals surface area (Å²) in [5.74, 6) is -0.283. The van der Waals surface area contributed by atoms with Gasteiger partial charge in [0, 0.05) is 16.5 Å². The van der Waals surface area contributed by atoms with E-state index in [1.807, 2.05) is 31.2 Å². The van der Waals surface area contributed by atoms with E-state index in [-0.39, 0.29) is 5.69 Å². The number of aryl methyl sites for hydroxylation is 2. The van der Waals surface area contributed by atoms with E-state index in [1.54, 1.807) is 13.0 Å². The Kier molecular flexibility index (Phi) is 5.00. The third kappa shape index (κ3) is 3.45. The van der Waals surface area contributed by atoms with Crippen molar-refractivity contribution in [2.24, 2.45) is 0 Å². The maximum Gasteiger partial charge on any atom is 0.341 e. The minimum atomic E-state index is -0.410. The molecule has 28 heavy (non-hydrogen) atoms. The summed E-state index contributed by atoms with van der Waals surface area (Å²) in [6.07, 6.45) is 2.77. The number of ether oxygens (including phenoxy) is 1. The number of rotatable bonds is 5. The van der Waals surface area contributed by atoms with Crippen LogP contribution in [0.15, 0.2) is 34.9 Å². The number of aromatic nitrogens is 1. The van der Waals surface area contributed by atoms with Crippen molar-refractivity contribution in [2.45, 2.75) is 33.1 Å². The van der Waals surface area contributed by atoms with Crippen LogP contribution < -0.4 is 5.32 Å². The largest absolute Gasteiger partial charge is 0.462 e. The van der Waals surface area contributed by atoms with Gasteiger partial charge >= 0.3 is 5.97 Å². The van der Waals surface area contributed by atoms with Crippen LogP contribution in [0.1, 0.15) is 50.2 Å². The van der Waals surface area contributed by atoms with Gasteiger partial charge < -0.3 is 14.6 Å². The van der Waals surface area contributed by atoms with Gasteiger partial charge in [0.15, 0.2) is 11.5 Å². The Morgan fingerprint density at radius 2 is 2.04 bits per heavy atom. The van der Waals surface area contributed by atoms with Crippen molar-refractivity contribution in [2.75, 3.05) is 11.9 Å². The molecule has 1 aliphatic rings. The summed E-state index contributed by atoms with van der Waals surface area (Å²) in [5, 5.41) is 7.23. The average molecular weight is 396 g/mol. The van der Waals surface area contributed by atoms with Crippen molar-refractivity contribution >= 4 is 28.2 Å². The van der Waals surface area contributed by atoms with E-state index in [9.17, 15) is 9.59 Å². The summed E-state index contributed by atoms with van der Waals surface area (Å²) in [5.41, 5.74) is 3.63. The van der Waals surface area contributed by atoms with E-state index >= 15 is 0 Å². The van der Waals surface area contributed by atoms with Crippen LogP contribution in [0.4, 0.5) is 5.00 Å². The van der Waals surface area contributed by atoms with Crippen molar-refractivity contribution in [1.82, 2.24) is 5.16 Å². The van der Waals surface area contributed by atoms with E-state index in [0.717, 1.165) is 40.8 Å². The maximum absolute atomic E-state index is 12.7. The van der Waals surface area contributed by atoms with Crippen molar-refractivity contribution in [3.05, 3.63) is 57.6 Å². The van der Waals surface area contributed by atoms with Crippen LogP contribution in [-0.4, -0.2) is 23.6 Å². The Bertz CT molecular complexity index is 1030. The minimum Gasteiger partial charge on any atom is -0.462 e. The molecule has 0 fully saturated rings. The first kappa shape index (κ1) is 18.4. The number of carbonyl (C=O) groups excluding carboxylic acids is 2. The van der Waals surface area contributed by atoms with Crippen LogP contribution in [0, 0.1) is 6.92 Å². The van der Waals surface area contributed by atoms with Gasteiger partial charge in [0.1, 0.15) is 5.00 Å². The van der Waals surface area contributed by atoms with Gasteiger partial charge in [-0.15, -0.1) is 11.3 Å². The van der Waals surface area contributed by atoms with Crippen LogP contribution in [0.3, 0.4) is 0 Å². The monoisotopic (exact) mass is 396 g/mol. The van der Waals surface area contributed by atoms with Gasteiger partial charge in [-0.25, -0.2) is 4.79 Å². The number of nitrogens with one attached hydrogen (secondary N) is 1. The molecule has 7 heteroatoms. The van der Waals surface area contributed by atoms with Crippen LogP contribution in [0.2, 0.25) is 0 Å². The van der Waals surface area contributed by atoms with Gasteiger partial charge in [-0.2, -0.15) is 0 Å². The minimum absolute atomic E-state index is 0.166. The van der Waals surface area contributed by atoms with E-state index in [0.29, 0.717) is 22.9 Å². The number of hydrogen-bond donors (Lipinski definition) is 1. The fourth-order valence-corrected chi connectivity index (χ4v) is 4.59. The van der Waals surface area contributed by atoms with Crippen molar-refractivity contribution in [1.29, 1.82) is 0 Å². The Morgan fingerprint density at radius 1 is 1.25 bits per heavy atom. The zero-order valence-electron chi connectivity index (χ0n) is 15.7. The highest BCUT2D eigenvalue weighted by molar-refractivity contribution is 7.17. The summed E-state index contributed by atoms with van der Waals surface area (Å²) in [4.78, 5) is 26.3. The number of amides is 1. The first-order valence-corrected chi connectivity index (χ1v) is 10.0. The molecular formula is C21H20N2O4S. The first-order chi connectivity index (χ1) is 13.6. The highest BCUT2D eigenvalue weighted by atomic mass is 32.1. The number of fused-ring (bicyclic) bond motifs is 1. The number of thiophene rings is 1. The molecule has 6 nitrogen and oxygen atoms in total. The molecule has 1 aliphatic carbocycles. The molecule has 0 spiro atoms. The zero-order valence-corrected chi connectivity index (χ0v) is 16.5. The molecule has 0 bridgehead atoms. The average Bonchev–Trinajstić information content (AvgIpc) is 3.38. The van der Waals surface area contributed by atoms with Crippen molar-refractivity contribution in [3.8, 4) is 11.3 Å². The molecule has 0 radical (unpaired) electrons. The molecule has 0 saturated carbocycles. The number of nitrogens with zero attached hydrogens (tertiary/aromatic N) is 1. The highest BCUT2D eigenvalue weighted by Crippen LogP contribution is 2.39. The standard InChI is InChI=1S/C21H20N2O4S/c1-3-26-21(25)18-14-5-4-6-17(14)28-20(18)22-19(24)15-11-16(27-23-15)13-9-7-12(2)8-10-13/h7-11H,3-6H2,1-2H3,(H,22,24). The van der Waals surface area contributed by atoms with Crippen LogP contribution in [-0.2, 0) is 17.6 Å². The molecule has 3 aromatic rings. The normalized spacial score (nSPS) is 12.6. The molecule has 1 aromatic carbocycles. The molecule has 0 saturated heterocycles. The smallest absolute Gasteiger partial charge is 0.341 e. The Morgan fingerprint density at radius 3 is 2.79 bits per heavy atom. The second-order valence-corrected chi connectivity index (χ2v) is 7.78. The third-order valence-corrected chi connectivity index (χ3v) is 5.91. The molecule has 4 rings (SSSR count). The van der Waals surface area contributed by atoms with Gasteiger partial charge in [0.2, 0.25) is 0 Å². The van der Waals surface area contributed by atoms with Crippen molar-refractivity contribution in [3.63, 3.8) is 0 Å². The summed E-state index contributed by atoms with van der Waals surface area (Å²) < 4.78 is 10.5. The van der Waals surface area contributed by atoms with E-state index in [2.05, 4.69) is 10.5 Å². The molecule has 1 N–H and O–H groups in total. The maximum atomic E-state index is 12.7. The molecule has 2 heterocycles. The zero-order chi connectivity index (χ0) is 19.7. The summed E-state index contributed by atoms with van der Waals surface area (Å²) >= 11 is 1.44. The van der Waals surface area contributed by atoms with E-state index < -0.39 is 11.9 Å². The predicted octanol–water partition coefficient (Wildman–Crippen LogP) is 4.63. The second-order valence-electron chi connectivity index (χ2n) is 6.68. The van der Waals surface area contributed by atoms with Crippen molar-refractivity contribution < 1.29 is 18.8 Å². The first-order valence-electron chi connectivity index (χ1n) is 9.23. The topological polar surface area (TPSA) is 81.4 Å². The van der Waals surface area contributed by atoms with Crippen LogP contribution in [0.5, 0.6) is 0 Å². The van der Waals surface area contributed by atoms with Gasteiger partial charge in [0.05, 0.1) is 12.2 Å². The van der Waals surface area contributed by atoms with Gasteiger partial charge in [-0.1, -0.05) is 35.0 Å². The highest BCUT2D eigenvalue weighted by Gasteiger charge is 2.29. The molecular weight excluding hydrogens is 376 g/mol. The van der Waals surface area contributed by atoms with Crippen LogP contribution in [0.25, 0.3) is 11.3 Å². The summed E-state index contributed by atoms with van der Waals surface area (Å²) in [7, 11) is 0. The van der Waals surface area contributed by atoms with Gasteiger partial charge in [0.25, 0.3) is 5.91 Å². The Labute approximate surface area is 166 Å². The number of carbonyl (C=O) groups is 2. The predicted molar refractivity (Wildman–Crippen MR) is 107 cm³/mol. The lowest BCUT2D eigenvalue weighted by Gasteiger charge is -2.06. The lowest BCUT2D eigenvalue weighted by atomic mass is 10.1. The molecule has 0 aliphatic heterocycles. The Hall–Kier alpha value is -2.93. The SMILES string of the molecule is CCOC(=O)c1c(NC(=O)c2cc(-c3ccc(C)cc3)on2)sc2c1CCC2. The van der Waals surface area contributed by atoms with Gasteiger partial charge in [-0.3, -0.25) is 4.79 Å². The fraction of sp³-hybridized carbons (Fsp3) is 0.286. The summed E-state index contributed by atoms with van der Waals surface area (Å²) in [6, 6.07) is 9.37. The molecule has 0 unspecified atom stereocenters. The summed E-state index contributed by atoms with van der Waals surface area (Å²) in [6.45, 7) is 4.06. The number of hydrogen-bond acceptors (Lipinski definition) is 6. The van der Waals surface area contributed by atoms with E-state index in [4.69, 9.17) is 9.26 Å². The lowest BCUT2D eigenvalue weighted by Crippen LogP contribution is -2.15. The van der Waals surface area contributed by atoms with E-state index in [1.165, 1.54) is 11.3 Å². The number of anilines is 1. The third-order valence-electron chi connectivity index (χ3n) is 4.71. The molecule has 144 valence electrons. The Balaban J connectivity index is 1.58. The number of benzene rings is 1. The molecule has 2 aromatic heterocycles.